The summed E-state index contributed by atoms with van der Waals surface area (Å²) in [6.45, 7) is 3.27. The molecule has 0 radical (unpaired) electrons. The molecule has 4 heteroatoms. The fraction of sp³-hybridized carbons (Fsp3) is 0.562. The monoisotopic (exact) mass is 297 g/mol. The van der Waals surface area contributed by atoms with Gasteiger partial charge in [-0.2, -0.15) is 0 Å². The van der Waals surface area contributed by atoms with Gasteiger partial charge in [0.05, 0.1) is 12.5 Å². The molecular formula is C16H24ClNO2. The number of carbonyl (C=O) groups excluding carboxylic acids is 1. The molecule has 1 aromatic carbocycles. The van der Waals surface area contributed by atoms with E-state index in [9.17, 15) is 4.79 Å². The van der Waals surface area contributed by atoms with Gasteiger partial charge in [0.2, 0.25) is 0 Å². The molecule has 1 N–H and O–H groups in total. The SMILES string of the molecule is CCOC(=O)C1CCCC1NCCc1ccccc1.Cl. The van der Waals surface area contributed by atoms with Gasteiger partial charge in [-0.15, -0.1) is 12.4 Å². The van der Waals surface area contributed by atoms with Gasteiger partial charge < -0.3 is 10.1 Å². The van der Waals surface area contributed by atoms with Crippen molar-refractivity contribution in [2.75, 3.05) is 13.2 Å². The van der Waals surface area contributed by atoms with Gasteiger partial charge >= 0.3 is 5.97 Å². The molecule has 2 unspecified atom stereocenters. The number of benzene rings is 1. The molecule has 0 bridgehead atoms. The molecule has 1 aliphatic carbocycles. The molecule has 0 amide bonds. The zero-order valence-corrected chi connectivity index (χ0v) is 12.8. The standard InChI is InChI=1S/C16H23NO2.ClH/c1-2-19-16(18)14-9-6-10-15(14)17-12-11-13-7-4-3-5-8-13;/h3-5,7-8,14-15,17H,2,6,9-12H2,1H3;1H. The predicted molar refractivity (Wildman–Crippen MR) is 83.2 cm³/mol. The summed E-state index contributed by atoms with van der Waals surface area (Å²) in [6, 6.07) is 10.7. The molecule has 1 saturated carbocycles. The van der Waals surface area contributed by atoms with Crippen molar-refractivity contribution < 1.29 is 9.53 Å². The van der Waals surface area contributed by atoms with E-state index in [2.05, 4.69) is 29.6 Å². The second-order valence-corrected chi connectivity index (χ2v) is 5.09. The molecule has 0 saturated heterocycles. The Morgan fingerprint density at radius 1 is 1.30 bits per heavy atom. The van der Waals surface area contributed by atoms with Crippen molar-refractivity contribution in [2.24, 2.45) is 5.92 Å². The van der Waals surface area contributed by atoms with E-state index in [1.54, 1.807) is 0 Å². The molecule has 2 rings (SSSR count). The van der Waals surface area contributed by atoms with E-state index in [0.717, 1.165) is 32.2 Å². The van der Waals surface area contributed by atoms with Gasteiger partial charge in [-0.25, -0.2) is 0 Å². The third kappa shape index (κ3) is 4.80. The first-order chi connectivity index (χ1) is 9.31. The number of rotatable bonds is 6. The van der Waals surface area contributed by atoms with Gasteiger partial charge in [-0.05, 0) is 38.3 Å². The van der Waals surface area contributed by atoms with Gasteiger partial charge in [0.1, 0.15) is 0 Å². The Hall–Kier alpha value is -1.06. The molecule has 3 nitrogen and oxygen atoms in total. The van der Waals surface area contributed by atoms with E-state index in [-0.39, 0.29) is 24.3 Å². The first-order valence-corrected chi connectivity index (χ1v) is 7.25. The Balaban J connectivity index is 0.00000200. The lowest BCUT2D eigenvalue weighted by atomic mass is 10.0. The first kappa shape index (κ1) is 17.0. The topological polar surface area (TPSA) is 38.3 Å². The van der Waals surface area contributed by atoms with E-state index >= 15 is 0 Å². The average molecular weight is 298 g/mol. The van der Waals surface area contributed by atoms with Crippen LogP contribution in [0.15, 0.2) is 30.3 Å². The number of hydrogen-bond acceptors (Lipinski definition) is 3. The van der Waals surface area contributed by atoms with Crippen molar-refractivity contribution in [3.63, 3.8) is 0 Å². The van der Waals surface area contributed by atoms with Crippen LogP contribution in [0.5, 0.6) is 0 Å². The third-order valence-corrected chi connectivity index (χ3v) is 3.77. The number of esters is 1. The highest BCUT2D eigenvalue weighted by Gasteiger charge is 2.33. The van der Waals surface area contributed by atoms with Gasteiger partial charge in [0, 0.05) is 6.04 Å². The molecule has 0 heterocycles. The largest absolute Gasteiger partial charge is 0.466 e. The summed E-state index contributed by atoms with van der Waals surface area (Å²) < 4.78 is 5.14. The molecule has 2 atom stereocenters. The summed E-state index contributed by atoms with van der Waals surface area (Å²) in [7, 11) is 0. The Bertz CT molecular complexity index is 397. The van der Waals surface area contributed by atoms with Gasteiger partial charge in [-0.3, -0.25) is 4.79 Å². The smallest absolute Gasteiger partial charge is 0.310 e. The average Bonchev–Trinajstić information content (AvgIpc) is 2.89. The highest BCUT2D eigenvalue weighted by Crippen LogP contribution is 2.26. The number of ether oxygens (including phenoxy) is 1. The number of nitrogens with one attached hydrogen (secondary N) is 1. The summed E-state index contributed by atoms with van der Waals surface area (Å²) in [4.78, 5) is 11.8. The van der Waals surface area contributed by atoms with Crippen LogP contribution in [0.1, 0.15) is 31.7 Å². The maximum absolute atomic E-state index is 11.8. The van der Waals surface area contributed by atoms with Crippen LogP contribution in [0, 0.1) is 5.92 Å². The fourth-order valence-electron chi connectivity index (χ4n) is 2.78. The van der Waals surface area contributed by atoms with Crippen molar-refractivity contribution in [2.45, 2.75) is 38.6 Å². The van der Waals surface area contributed by atoms with Crippen LogP contribution in [0.25, 0.3) is 0 Å². The fourth-order valence-corrected chi connectivity index (χ4v) is 2.78. The minimum Gasteiger partial charge on any atom is -0.466 e. The van der Waals surface area contributed by atoms with E-state index in [0.29, 0.717) is 12.6 Å². The van der Waals surface area contributed by atoms with Crippen LogP contribution < -0.4 is 5.32 Å². The van der Waals surface area contributed by atoms with Crippen molar-refractivity contribution >= 4 is 18.4 Å². The summed E-state index contributed by atoms with van der Waals surface area (Å²) in [6.07, 6.45) is 4.17. The van der Waals surface area contributed by atoms with Crippen LogP contribution in [0.2, 0.25) is 0 Å². The second kappa shape index (κ2) is 8.98. The van der Waals surface area contributed by atoms with Crippen LogP contribution in [0.3, 0.4) is 0 Å². The lowest BCUT2D eigenvalue weighted by Crippen LogP contribution is -2.38. The Kier molecular flexibility index (Phi) is 7.63. The molecule has 20 heavy (non-hydrogen) atoms. The van der Waals surface area contributed by atoms with E-state index in [1.807, 2.05) is 13.0 Å². The lowest BCUT2D eigenvalue weighted by Gasteiger charge is -2.19. The molecule has 0 aliphatic heterocycles. The van der Waals surface area contributed by atoms with E-state index in [1.165, 1.54) is 5.56 Å². The number of hydrogen-bond donors (Lipinski definition) is 1. The minimum absolute atomic E-state index is 0. The normalized spacial score (nSPS) is 21.2. The summed E-state index contributed by atoms with van der Waals surface area (Å²) in [5.74, 6) is 0.0212. The lowest BCUT2D eigenvalue weighted by molar-refractivity contribution is -0.148. The minimum atomic E-state index is -0.0304. The molecule has 112 valence electrons. The van der Waals surface area contributed by atoms with Crippen LogP contribution in [-0.2, 0) is 16.0 Å². The highest BCUT2D eigenvalue weighted by atomic mass is 35.5. The zero-order chi connectivity index (χ0) is 13.5. The molecule has 1 fully saturated rings. The first-order valence-electron chi connectivity index (χ1n) is 7.25. The van der Waals surface area contributed by atoms with Gasteiger partial charge in [-0.1, -0.05) is 36.8 Å². The third-order valence-electron chi connectivity index (χ3n) is 3.77. The van der Waals surface area contributed by atoms with E-state index < -0.39 is 0 Å². The predicted octanol–water partition coefficient (Wildman–Crippen LogP) is 2.97. The Labute approximate surface area is 127 Å². The summed E-state index contributed by atoms with van der Waals surface area (Å²) >= 11 is 0. The number of carbonyl (C=O) groups is 1. The van der Waals surface area contributed by atoms with Gasteiger partial charge in [0.15, 0.2) is 0 Å². The Morgan fingerprint density at radius 2 is 2.05 bits per heavy atom. The highest BCUT2D eigenvalue weighted by molar-refractivity contribution is 5.85. The van der Waals surface area contributed by atoms with Crippen molar-refractivity contribution in [3.8, 4) is 0 Å². The molecule has 0 aromatic heterocycles. The van der Waals surface area contributed by atoms with Crippen LogP contribution in [-0.4, -0.2) is 25.2 Å². The van der Waals surface area contributed by atoms with Crippen molar-refractivity contribution in [1.82, 2.24) is 5.32 Å². The molecular weight excluding hydrogens is 274 g/mol. The number of halogens is 1. The van der Waals surface area contributed by atoms with Crippen molar-refractivity contribution in [3.05, 3.63) is 35.9 Å². The molecule has 1 aromatic rings. The van der Waals surface area contributed by atoms with Crippen molar-refractivity contribution in [1.29, 1.82) is 0 Å². The van der Waals surface area contributed by atoms with Crippen LogP contribution >= 0.6 is 12.4 Å². The molecule has 1 aliphatic rings. The Morgan fingerprint density at radius 3 is 2.75 bits per heavy atom. The quantitative estimate of drug-likeness (QED) is 0.821. The second-order valence-electron chi connectivity index (χ2n) is 5.09. The summed E-state index contributed by atoms with van der Waals surface area (Å²) in [5, 5.41) is 3.52. The van der Waals surface area contributed by atoms with Crippen LogP contribution in [0.4, 0.5) is 0 Å². The maximum atomic E-state index is 11.8. The zero-order valence-electron chi connectivity index (χ0n) is 12.0. The van der Waals surface area contributed by atoms with E-state index in [4.69, 9.17) is 4.74 Å². The maximum Gasteiger partial charge on any atom is 0.310 e. The van der Waals surface area contributed by atoms with Gasteiger partial charge in [0.25, 0.3) is 0 Å². The molecule has 0 spiro atoms. The summed E-state index contributed by atoms with van der Waals surface area (Å²) in [5.41, 5.74) is 1.33.